The van der Waals surface area contributed by atoms with Gasteiger partial charge in [-0.15, -0.1) is 0 Å². The minimum Gasteiger partial charge on any atom is -0.476 e. The topological polar surface area (TPSA) is 69.6 Å². The Labute approximate surface area is 106 Å². The number of anilines is 1. The summed E-state index contributed by atoms with van der Waals surface area (Å²) in [4.78, 5) is 23.1. The van der Waals surface area contributed by atoms with Crippen LogP contribution in [0.15, 0.2) is 12.4 Å². The Morgan fingerprint density at radius 3 is 2.67 bits per heavy atom. The summed E-state index contributed by atoms with van der Waals surface area (Å²) in [6.45, 7) is 4.24. The van der Waals surface area contributed by atoms with E-state index < -0.39 is 5.97 Å². The fraction of sp³-hybridized carbons (Fsp3) is 0.583. The van der Waals surface area contributed by atoms with Crippen LogP contribution in [0.25, 0.3) is 0 Å². The van der Waals surface area contributed by atoms with Gasteiger partial charge in [0, 0.05) is 20.1 Å². The molecule has 6 nitrogen and oxygen atoms in total. The summed E-state index contributed by atoms with van der Waals surface area (Å²) in [5.74, 6) is -0.340. The number of aromatic carboxylic acids is 1. The zero-order valence-electron chi connectivity index (χ0n) is 10.5. The highest BCUT2D eigenvalue weighted by atomic mass is 16.4. The number of hydrogen-bond acceptors (Lipinski definition) is 5. The van der Waals surface area contributed by atoms with Crippen LogP contribution < -0.4 is 4.90 Å². The highest BCUT2D eigenvalue weighted by Gasteiger charge is 2.13. The van der Waals surface area contributed by atoms with Crippen molar-refractivity contribution in [2.24, 2.45) is 0 Å². The highest BCUT2D eigenvalue weighted by Crippen LogP contribution is 2.09. The lowest BCUT2D eigenvalue weighted by Gasteiger charge is -2.21. The molecule has 98 valence electrons. The first-order valence-electron chi connectivity index (χ1n) is 6.15. The minimum absolute atomic E-state index is 0.0216. The molecule has 1 aromatic heterocycles. The molecule has 1 aromatic rings. The predicted octanol–water partition coefficient (Wildman–Crippen LogP) is 0.707. The Hall–Kier alpha value is -1.69. The van der Waals surface area contributed by atoms with Crippen molar-refractivity contribution < 1.29 is 9.90 Å². The molecule has 0 unspecified atom stereocenters. The lowest BCUT2D eigenvalue weighted by Crippen LogP contribution is -2.31. The van der Waals surface area contributed by atoms with E-state index in [0.717, 1.165) is 13.1 Å². The van der Waals surface area contributed by atoms with Gasteiger partial charge in [-0.2, -0.15) is 0 Å². The molecular weight excluding hydrogens is 232 g/mol. The van der Waals surface area contributed by atoms with Crippen LogP contribution in [0, 0.1) is 0 Å². The normalized spacial score (nSPS) is 15.8. The Morgan fingerprint density at radius 1 is 1.39 bits per heavy atom. The Kier molecular flexibility index (Phi) is 4.09. The smallest absolute Gasteiger partial charge is 0.356 e. The molecule has 0 radical (unpaired) electrons. The van der Waals surface area contributed by atoms with Crippen LogP contribution in [0.5, 0.6) is 0 Å². The zero-order chi connectivity index (χ0) is 13.0. The second-order valence-electron chi connectivity index (χ2n) is 4.54. The summed E-state index contributed by atoms with van der Waals surface area (Å²) in [5, 5.41) is 8.74. The second kappa shape index (κ2) is 5.77. The Balaban J connectivity index is 1.87. The number of nitrogens with zero attached hydrogens (tertiary/aromatic N) is 4. The first kappa shape index (κ1) is 12.8. The van der Waals surface area contributed by atoms with Crippen LogP contribution in [0.3, 0.4) is 0 Å². The van der Waals surface area contributed by atoms with Gasteiger partial charge in [0.05, 0.1) is 12.4 Å². The molecule has 0 spiro atoms. The first-order chi connectivity index (χ1) is 8.66. The molecule has 0 aromatic carbocycles. The molecule has 2 heterocycles. The van der Waals surface area contributed by atoms with E-state index in [2.05, 4.69) is 14.9 Å². The molecular formula is C12H18N4O2. The fourth-order valence-corrected chi connectivity index (χ4v) is 2.04. The summed E-state index contributed by atoms with van der Waals surface area (Å²) in [7, 11) is 1.94. The van der Waals surface area contributed by atoms with E-state index in [4.69, 9.17) is 5.11 Å². The third kappa shape index (κ3) is 3.16. The summed E-state index contributed by atoms with van der Waals surface area (Å²) < 4.78 is 0. The molecule has 1 aliphatic heterocycles. The maximum Gasteiger partial charge on any atom is 0.356 e. The minimum atomic E-state index is -1.05. The maximum atomic E-state index is 10.7. The third-order valence-corrected chi connectivity index (χ3v) is 3.20. The third-order valence-electron chi connectivity index (χ3n) is 3.20. The van der Waals surface area contributed by atoms with Gasteiger partial charge >= 0.3 is 5.97 Å². The van der Waals surface area contributed by atoms with Gasteiger partial charge in [0.15, 0.2) is 5.69 Å². The van der Waals surface area contributed by atoms with Crippen LogP contribution in [0.1, 0.15) is 23.3 Å². The summed E-state index contributed by atoms with van der Waals surface area (Å²) in [6, 6.07) is 0. The summed E-state index contributed by atoms with van der Waals surface area (Å²) >= 11 is 0. The molecule has 2 rings (SSSR count). The van der Waals surface area contributed by atoms with E-state index in [9.17, 15) is 4.79 Å². The highest BCUT2D eigenvalue weighted by molar-refractivity contribution is 5.84. The number of carboxylic acids is 1. The second-order valence-corrected chi connectivity index (χ2v) is 4.54. The number of hydrogen-bond donors (Lipinski definition) is 1. The van der Waals surface area contributed by atoms with Crippen LogP contribution >= 0.6 is 0 Å². The van der Waals surface area contributed by atoms with Crippen molar-refractivity contribution >= 4 is 11.8 Å². The predicted molar refractivity (Wildman–Crippen MR) is 67.9 cm³/mol. The standard InChI is InChI=1S/C12H18N4O2/c1-15(6-7-16-4-2-3-5-16)11-9-13-10(8-14-11)12(17)18/h8-9H,2-7H2,1H3,(H,17,18). The molecule has 0 bridgehead atoms. The van der Waals surface area contributed by atoms with Crippen LogP contribution in [-0.2, 0) is 0 Å². The van der Waals surface area contributed by atoms with Crippen LogP contribution in [0.2, 0.25) is 0 Å². The van der Waals surface area contributed by atoms with E-state index in [1.807, 2.05) is 11.9 Å². The van der Waals surface area contributed by atoms with Crippen molar-refractivity contribution in [3.8, 4) is 0 Å². The Bertz CT molecular complexity index is 401. The molecule has 0 saturated carbocycles. The van der Waals surface area contributed by atoms with Crippen molar-refractivity contribution in [2.75, 3.05) is 38.1 Å². The average molecular weight is 250 g/mol. The van der Waals surface area contributed by atoms with Crippen LogP contribution in [-0.4, -0.2) is 59.2 Å². The van der Waals surface area contributed by atoms with Gasteiger partial charge in [-0.3, -0.25) is 0 Å². The summed E-state index contributed by atoms with van der Waals surface area (Å²) in [6.07, 6.45) is 5.38. The molecule has 1 N–H and O–H groups in total. The van der Waals surface area contributed by atoms with Crippen molar-refractivity contribution in [3.63, 3.8) is 0 Å². The van der Waals surface area contributed by atoms with Gasteiger partial charge < -0.3 is 14.9 Å². The van der Waals surface area contributed by atoms with E-state index >= 15 is 0 Å². The molecule has 0 atom stereocenters. The van der Waals surface area contributed by atoms with Crippen molar-refractivity contribution in [3.05, 3.63) is 18.1 Å². The van der Waals surface area contributed by atoms with Gasteiger partial charge in [-0.1, -0.05) is 0 Å². The van der Waals surface area contributed by atoms with E-state index in [1.54, 1.807) is 0 Å². The van der Waals surface area contributed by atoms with E-state index in [1.165, 1.54) is 38.3 Å². The SMILES string of the molecule is CN(CCN1CCCC1)c1cnc(C(=O)O)cn1. The van der Waals surface area contributed by atoms with Crippen molar-refractivity contribution in [2.45, 2.75) is 12.8 Å². The van der Waals surface area contributed by atoms with Gasteiger partial charge in [0.2, 0.25) is 0 Å². The van der Waals surface area contributed by atoms with E-state index in [0.29, 0.717) is 5.82 Å². The fourth-order valence-electron chi connectivity index (χ4n) is 2.04. The van der Waals surface area contributed by atoms with Gasteiger partial charge in [-0.25, -0.2) is 14.8 Å². The molecule has 0 aliphatic carbocycles. The lowest BCUT2D eigenvalue weighted by atomic mass is 10.4. The summed E-state index contributed by atoms with van der Waals surface area (Å²) in [5.41, 5.74) is -0.0216. The molecule has 1 saturated heterocycles. The Morgan fingerprint density at radius 2 is 2.11 bits per heavy atom. The van der Waals surface area contributed by atoms with Crippen molar-refractivity contribution in [1.82, 2.24) is 14.9 Å². The maximum absolute atomic E-state index is 10.7. The number of carboxylic acid groups (broad SMARTS) is 1. The van der Waals surface area contributed by atoms with Crippen LogP contribution in [0.4, 0.5) is 5.82 Å². The average Bonchev–Trinajstić information content (AvgIpc) is 2.89. The number of rotatable bonds is 5. The molecule has 0 amide bonds. The molecule has 1 aliphatic rings. The molecule has 6 heteroatoms. The zero-order valence-corrected chi connectivity index (χ0v) is 10.5. The van der Waals surface area contributed by atoms with E-state index in [-0.39, 0.29) is 5.69 Å². The van der Waals surface area contributed by atoms with Crippen molar-refractivity contribution in [1.29, 1.82) is 0 Å². The van der Waals surface area contributed by atoms with Gasteiger partial charge in [0.1, 0.15) is 5.82 Å². The molecule has 1 fully saturated rings. The lowest BCUT2D eigenvalue weighted by molar-refractivity contribution is 0.0690. The number of carbonyl (C=O) groups is 1. The van der Waals surface area contributed by atoms with Gasteiger partial charge in [-0.05, 0) is 25.9 Å². The quantitative estimate of drug-likeness (QED) is 0.830. The largest absolute Gasteiger partial charge is 0.476 e. The number of aromatic nitrogens is 2. The first-order valence-corrected chi connectivity index (χ1v) is 6.15. The monoisotopic (exact) mass is 250 g/mol. The van der Waals surface area contributed by atoms with Gasteiger partial charge in [0.25, 0.3) is 0 Å². The number of likely N-dealkylation sites (N-methyl/N-ethyl adjacent to an activating group) is 1. The number of likely N-dealkylation sites (tertiary alicyclic amines) is 1. The molecule has 18 heavy (non-hydrogen) atoms.